The Balaban J connectivity index is 2.71. The van der Waals surface area contributed by atoms with Gasteiger partial charge in [-0.1, -0.05) is 0 Å². The van der Waals surface area contributed by atoms with Gasteiger partial charge >= 0.3 is 0 Å². The summed E-state index contributed by atoms with van der Waals surface area (Å²) in [5, 5.41) is 0. The molecule has 0 atom stereocenters. The van der Waals surface area contributed by atoms with Gasteiger partial charge in [0.1, 0.15) is 17.1 Å². The van der Waals surface area contributed by atoms with Gasteiger partial charge in [0.25, 0.3) is 0 Å². The number of nitrogens with one attached hydrogen (secondary N) is 1. The topological polar surface area (TPSA) is 37.9 Å². The Morgan fingerprint density at radius 1 is 1.50 bits per heavy atom. The molecular weight excluding hydrogens is 200 g/mol. The van der Waals surface area contributed by atoms with E-state index in [1.165, 1.54) is 0 Å². The third kappa shape index (κ3) is 1.44. The lowest BCUT2D eigenvalue weighted by Gasteiger charge is -2.01. The predicted molar refractivity (Wildman–Crippen MR) is 56.9 cm³/mol. The summed E-state index contributed by atoms with van der Waals surface area (Å²) in [6.07, 6.45) is 0. The van der Waals surface area contributed by atoms with Crippen LogP contribution in [0.15, 0.2) is 12.1 Å². The van der Waals surface area contributed by atoms with Crippen molar-refractivity contribution in [2.45, 2.75) is 12.8 Å². The molecule has 0 saturated heterocycles. The van der Waals surface area contributed by atoms with E-state index in [1.54, 1.807) is 7.11 Å². The molecule has 0 radical (unpaired) electrons. The number of nitrogens with zero attached hydrogens (tertiary/aromatic N) is 1. The van der Waals surface area contributed by atoms with Crippen molar-refractivity contribution in [2.24, 2.45) is 0 Å². The summed E-state index contributed by atoms with van der Waals surface area (Å²) in [6.45, 7) is 2.02. The Bertz CT molecular complexity index is 464. The van der Waals surface area contributed by atoms with Gasteiger partial charge in [-0.25, -0.2) is 4.98 Å². The molecule has 0 unspecified atom stereocenters. The number of alkyl halides is 1. The largest absolute Gasteiger partial charge is 0.494 e. The fourth-order valence-corrected chi connectivity index (χ4v) is 1.62. The van der Waals surface area contributed by atoms with Gasteiger partial charge in [-0.2, -0.15) is 0 Å². The molecule has 0 saturated carbocycles. The van der Waals surface area contributed by atoms with Crippen LogP contribution >= 0.6 is 11.6 Å². The fraction of sp³-hybridized carbons (Fsp3) is 0.300. The van der Waals surface area contributed by atoms with Crippen LogP contribution in [-0.2, 0) is 5.88 Å². The van der Waals surface area contributed by atoms with Crippen LogP contribution < -0.4 is 4.74 Å². The van der Waals surface area contributed by atoms with Crippen molar-refractivity contribution in [3.63, 3.8) is 0 Å². The number of benzene rings is 1. The van der Waals surface area contributed by atoms with Crippen molar-refractivity contribution in [1.82, 2.24) is 9.97 Å². The number of rotatable bonds is 2. The summed E-state index contributed by atoms with van der Waals surface area (Å²) in [4.78, 5) is 7.47. The maximum Gasteiger partial charge on any atom is 0.146 e. The number of fused-ring (bicyclic) bond motifs is 1. The number of ether oxygens (including phenoxy) is 1. The number of aryl methyl sites for hydroxylation is 1. The van der Waals surface area contributed by atoms with Crippen LogP contribution in [-0.4, -0.2) is 17.1 Å². The first-order valence-corrected chi connectivity index (χ1v) is 4.87. The van der Waals surface area contributed by atoms with Crippen LogP contribution in [0.5, 0.6) is 5.75 Å². The van der Waals surface area contributed by atoms with E-state index in [-0.39, 0.29) is 0 Å². The van der Waals surface area contributed by atoms with Gasteiger partial charge in [-0.3, -0.25) is 0 Å². The minimum Gasteiger partial charge on any atom is -0.494 e. The Morgan fingerprint density at radius 2 is 2.29 bits per heavy atom. The SMILES string of the molecule is COc1cc(C)cc2[nH]c(CCl)nc12. The maximum absolute atomic E-state index is 5.70. The van der Waals surface area contributed by atoms with Crippen molar-refractivity contribution in [2.75, 3.05) is 7.11 Å². The van der Waals surface area contributed by atoms with Gasteiger partial charge in [0, 0.05) is 0 Å². The van der Waals surface area contributed by atoms with Gasteiger partial charge < -0.3 is 9.72 Å². The predicted octanol–water partition coefficient (Wildman–Crippen LogP) is 2.62. The van der Waals surface area contributed by atoms with Crippen LogP contribution in [0.2, 0.25) is 0 Å². The van der Waals surface area contributed by atoms with E-state index in [0.29, 0.717) is 5.88 Å². The molecule has 74 valence electrons. The van der Waals surface area contributed by atoms with E-state index in [2.05, 4.69) is 9.97 Å². The minimum atomic E-state index is 0.386. The Morgan fingerprint density at radius 3 is 2.93 bits per heavy atom. The van der Waals surface area contributed by atoms with E-state index in [4.69, 9.17) is 16.3 Å². The molecule has 2 aromatic rings. The van der Waals surface area contributed by atoms with Crippen LogP contribution in [0.3, 0.4) is 0 Å². The average molecular weight is 211 g/mol. The second-order valence-corrected chi connectivity index (χ2v) is 3.45. The summed E-state index contributed by atoms with van der Waals surface area (Å²) in [5.74, 6) is 1.94. The summed E-state index contributed by atoms with van der Waals surface area (Å²) in [5.41, 5.74) is 2.95. The molecule has 4 heteroatoms. The molecule has 1 heterocycles. The fourth-order valence-electron chi connectivity index (χ4n) is 1.49. The van der Waals surface area contributed by atoms with Gasteiger partial charge in [-0.15, -0.1) is 11.6 Å². The first-order chi connectivity index (χ1) is 6.74. The van der Waals surface area contributed by atoms with Crippen molar-refractivity contribution in [3.8, 4) is 5.75 Å². The lowest BCUT2D eigenvalue weighted by atomic mass is 10.2. The molecule has 14 heavy (non-hydrogen) atoms. The molecule has 2 rings (SSSR count). The summed E-state index contributed by atoms with van der Waals surface area (Å²) < 4.78 is 5.24. The summed E-state index contributed by atoms with van der Waals surface area (Å²) in [7, 11) is 1.64. The molecule has 1 aromatic carbocycles. The molecule has 0 aliphatic heterocycles. The van der Waals surface area contributed by atoms with Crippen molar-refractivity contribution >= 4 is 22.6 Å². The van der Waals surface area contributed by atoms with Gasteiger partial charge in [0.05, 0.1) is 18.5 Å². The number of halogens is 1. The smallest absolute Gasteiger partial charge is 0.146 e. The third-order valence-corrected chi connectivity index (χ3v) is 2.34. The number of aromatic amines is 1. The highest BCUT2D eigenvalue weighted by Gasteiger charge is 2.07. The third-order valence-electron chi connectivity index (χ3n) is 2.09. The van der Waals surface area contributed by atoms with Crippen molar-refractivity contribution in [1.29, 1.82) is 0 Å². The van der Waals surface area contributed by atoms with E-state index in [9.17, 15) is 0 Å². The van der Waals surface area contributed by atoms with Crippen LogP contribution in [0.4, 0.5) is 0 Å². The van der Waals surface area contributed by atoms with Crippen molar-refractivity contribution < 1.29 is 4.74 Å². The molecule has 3 nitrogen and oxygen atoms in total. The summed E-state index contributed by atoms with van der Waals surface area (Å²) >= 11 is 5.70. The lowest BCUT2D eigenvalue weighted by molar-refractivity contribution is 0.418. The first kappa shape index (κ1) is 9.34. The standard InChI is InChI=1S/C10H11ClN2O/c1-6-3-7-10(8(4-6)14-2)13-9(5-11)12-7/h3-4H,5H2,1-2H3,(H,12,13). The number of hydrogen-bond donors (Lipinski definition) is 1. The lowest BCUT2D eigenvalue weighted by Crippen LogP contribution is -1.85. The second-order valence-electron chi connectivity index (χ2n) is 3.18. The molecule has 0 bridgehead atoms. The Kier molecular flexibility index (Phi) is 2.33. The van der Waals surface area contributed by atoms with Gasteiger partial charge in [0.15, 0.2) is 0 Å². The molecule has 0 spiro atoms. The van der Waals surface area contributed by atoms with Crippen LogP contribution in [0, 0.1) is 6.92 Å². The van der Waals surface area contributed by atoms with Gasteiger partial charge in [0.2, 0.25) is 0 Å². The Labute approximate surface area is 87.1 Å². The molecule has 0 aliphatic carbocycles. The second kappa shape index (κ2) is 3.50. The average Bonchev–Trinajstić information content (AvgIpc) is 2.59. The molecule has 1 N–H and O–H groups in total. The van der Waals surface area contributed by atoms with Crippen LogP contribution in [0.1, 0.15) is 11.4 Å². The van der Waals surface area contributed by atoms with E-state index >= 15 is 0 Å². The van der Waals surface area contributed by atoms with E-state index < -0.39 is 0 Å². The zero-order chi connectivity index (χ0) is 10.1. The van der Waals surface area contributed by atoms with Crippen LogP contribution in [0.25, 0.3) is 11.0 Å². The highest BCUT2D eigenvalue weighted by molar-refractivity contribution is 6.16. The van der Waals surface area contributed by atoms with E-state index in [1.807, 2.05) is 19.1 Å². The maximum atomic E-state index is 5.70. The minimum absolute atomic E-state index is 0.386. The van der Waals surface area contributed by atoms with Crippen molar-refractivity contribution in [3.05, 3.63) is 23.5 Å². The normalized spacial score (nSPS) is 10.8. The highest BCUT2D eigenvalue weighted by Crippen LogP contribution is 2.25. The monoisotopic (exact) mass is 210 g/mol. The first-order valence-electron chi connectivity index (χ1n) is 4.34. The zero-order valence-corrected chi connectivity index (χ0v) is 8.85. The molecule has 0 aliphatic rings. The number of H-pyrrole nitrogens is 1. The number of methoxy groups -OCH3 is 1. The number of hydrogen-bond acceptors (Lipinski definition) is 2. The quantitative estimate of drug-likeness (QED) is 0.774. The number of aromatic nitrogens is 2. The van der Waals surface area contributed by atoms with Gasteiger partial charge in [-0.05, 0) is 24.6 Å². The molecular formula is C10H11ClN2O. The zero-order valence-electron chi connectivity index (χ0n) is 8.10. The molecule has 0 fully saturated rings. The highest BCUT2D eigenvalue weighted by atomic mass is 35.5. The number of imidazole rings is 1. The van der Waals surface area contributed by atoms with E-state index in [0.717, 1.165) is 28.2 Å². The molecule has 1 aromatic heterocycles. The Hall–Kier alpha value is -1.22. The molecule has 0 amide bonds. The summed E-state index contributed by atoms with van der Waals surface area (Å²) in [6, 6.07) is 3.99.